The lowest BCUT2D eigenvalue weighted by molar-refractivity contribution is 0.115. The topological polar surface area (TPSA) is 12.0 Å². The molecule has 1 nitrogen and oxygen atoms in total. The number of hydrogen-bond donors (Lipinski definition) is 1. The number of nitrogens with one attached hydrogen (secondary N) is 1. The minimum absolute atomic E-state index is 0.512. The van der Waals surface area contributed by atoms with Crippen LogP contribution in [-0.4, -0.2) is 13.1 Å². The van der Waals surface area contributed by atoms with Crippen LogP contribution in [0.5, 0.6) is 0 Å². The third-order valence-electron chi connectivity index (χ3n) is 3.49. The molecule has 1 heterocycles. The monoisotopic (exact) mass is 221 g/mol. The van der Waals surface area contributed by atoms with Crippen LogP contribution in [0.4, 0.5) is 4.39 Å². The maximum Gasteiger partial charge on any atom is 0.138 e. The summed E-state index contributed by atoms with van der Waals surface area (Å²) in [5, 5.41) is 3.20. The third kappa shape index (κ3) is 2.27. The Morgan fingerprint density at radius 3 is 2.19 bits per heavy atom. The van der Waals surface area contributed by atoms with Crippen LogP contribution in [0.25, 0.3) is 0 Å². The second-order valence-corrected chi connectivity index (χ2v) is 4.99. The number of rotatable bonds is 2. The van der Waals surface area contributed by atoms with Gasteiger partial charge in [-0.1, -0.05) is 38.1 Å². The quantitative estimate of drug-likeness (QED) is 0.807. The van der Waals surface area contributed by atoms with Crippen molar-refractivity contribution in [3.63, 3.8) is 0 Å². The molecule has 0 radical (unpaired) electrons. The Balaban J connectivity index is 2.20. The Hall–Kier alpha value is -0.890. The molecule has 1 fully saturated rings. The normalized spacial score (nSPS) is 20.0. The largest absolute Gasteiger partial charge is 0.316 e. The average Bonchev–Trinajstić information content (AvgIpc) is 2.30. The molecule has 1 aliphatic rings. The fourth-order valence-electron chi connectivity index (χ4n) is 2.28. The molecular weight excluding hydrogens is 201 g/mol. The van der Waals surface area contributed by atoms with Gasteiger partial charge in [0.1, 0.15) is 5.67 Å². The van der Waals surface area contributed by atoms with Crippen molar-refractivity contribution in [3.8, 4) is 0 Å². The van der Waals surface area contributed by atoms with Gasteiger partial charge in [0, 0.05) is 0 Å². The van der Waals surface area contributed by atoms with E-state index in [0.717, 1.165) is 18.7 Å². The fourth-order valence-corrected chi connectivity index (χ4v) is 2.28. The van der Waals surface area contributed by atoms with Crippen molar-refractivity contribution in [3.05, 3.63) is 35.4 Å². The van der Waals surface area contributed by atoms with Crippen molar-refractivity contribution < 1.29 is 4.39 Å². The fraction of sp³-hybridized carbons (Fsp3) is 0.571. The number of benzene rings is 1. The highest BCUT2D eigenvalue weighted by Gasteiger charge is 2.33. The van der Waals surface area contributed by atoms with E-state index >= 15 is 0 Å². The smallest absolute Gasteiger partial charge is 0.138 e. The van der Waals surface area contributed by atoms with Crippen molar-refractivity contribution in [2.75, 3.05) is 13.1 Å². The highest BCUT2D eigenvalue weighted by atomic mass is 19.1. The van der Waals surface area contributed by atoms with Crippen molar-refractivity contribution in [2.45, 2.75) is 38.3 Å². The Kier molecular flexibility index (Phi) is 3.29. The maximum absolute atomic E-state index is 14.6. The molecule has 0 atom stereocenters. The zero-order valence-corrected chi connectivity index (χ0v) is 10.1. The van der Waals surface area contributed by atoms with Gasteiger partial charge in [-0.2, -0.15) is 0 Å². The summed E-state index contributed by atoms with van der Waals surface area (Å²) in [6.45, 7) is 5.88. The Labute approximate surface area is 97.1 Å². The van der Waals surface area contributed by atoms with E-state index in [0.29, 0.717) is 18.8 Å². The minimum atomic E-state index is -1.11. The van der Waals surface area contributed by atoms with E-state index in [1.807, 2.05) is 12.1 Å². The minimum Gasteiger partial charge on any atom is -0.316 e. The van der Waals surface area contributed by atoms with Crippen molar-refractivity contribution in [1.82, 2.24) is 5.32 Å². The summed E-state index contributed by atoms with van der Waals surface area (Å²) in [5.41, 5.74) is 1.01. The molecule has 0 aliphatic carbocycles. The molecule has 0 unspecified atom stereocenters. The lowest BCUT2D eigenvalue weighted by atomic mass is 9.86. The standard InChI is InChI=1S/C14H20FN/c1-11(2)12-3-5-13(6-4-12)14(15)7-9-16-10-8-14/h3-6,11,16H,7-10H2,1-2H3. The lowest BCUT2D eigenvalue weighted by Crippen LogP contribution is -2.36. The molecule has 1 N–H and O–H groups in total. The zero-order valence-electron chi connectivity index (χ0n) is 10.1. The first-order valence-corrected chi connectivity index (χ1v) is 6.12. The second kappa shape index (κ2) is 4.54. The molecule has 0 amide bonds. The first-order chi connectivity index (χ1) is 7.62. The van der Waals surface area contributed by atoms with E-state index < -0.39 is 5.67 Å². The Bertz CT molecular complexity index is 336. The van der Waals surface area contributed by atoms with E-state index in [1.165, 1.54) is 5.56 Å². The van der Waals surface area contributed by atoms with Gasteiger partial charge < -0.3 is 5.32 Å². The van der Waals surface area contributed by atoms with Crippen LogP contribution >= 0.6 is 0 Å². The highest BCUT2D eigenvalue weighted by molar-refractivity contribution is 5.29. The van der Waals surface area contributed by atoms with Crippen LogP contribution in [0.2, 0.25) is 0 Å². The van der Waals surface area contributed by atoms with Crippen LogP contribution in [0.3, 0.4) is 0 Å². The number of hydrogen-bond acceptors (Lipinski definition) is 1. The third-order valence-corrected chi connectivity index (χ3v) is 3.49. The first-order valence-electron chi connectivity index (χ1n) is 6.12. The van der Waals surface area contributed by atoms with Gasteiger partial charge in [-0.25, -0.2) is 4.39 Å². The van der Waals surface area contributed by atoms with Gasteiger partial charge >= 0.3 is 0 Å². The van der Waals surface area contributed by atoms with Gasteiger partial charge in [0.2, 0.25) is 0 Å². The summed E-state index contributed by atoms with van der Waals surface area (Å²) in [6.07, 6.45) is 1.18. The van der Waals surface area contributed by atoms with E-state index in [4.69, 9.17) is 0 Å². The Morgan fingerprint density at radius 2 is 1.69 bits per heavy atom. The van der Waals surface area contributed by atoms with E-state index in [-0.39, 0.29) is 0 Å². The molecule has 2 heteroatoms. The summed E-state index contributed by atoms with van der Waals surface area (Å²) in [7, 11) is 0. The van der Waals surface area contributed by atoms with E-state index in [2.05, 4.69) is 31.3 Å². The number of piperidine rings is 1. The Morgan fingerprint density at radius 1 is 1.12 bits per heavy atom. The van der Waals surface area contributed by atoms with Crippen molar-refractivity contribution >= 4 is 0 Å². The molecule has 1 aliphatic heterocycles. The van der Waals surface area contributed by atoms with Crippen LogP contribution in [0, 0.1) is 0 Å². The molecule has 1 aromatic carbocycles. The molecule has 0 bridgehead atoms. The van der Waals surface area contributed by atoms with E-state index in [9.17, 15) is 4.39 Å². The van der Waals surface area contributed by atoms with Gasteiger partial charge in [-0.3, -0.25) is 0 Å². The summed E-state index contributed by atoms with van der Waals surface area (Å²) in [4.78, 5) is 0. The van der Waals surface area contributed by atoms with Crippen molar-refractivity contribution in [1.29, 1.82) is 0 Å². The second-order valence-electron chi connectivity index (χ2n) is 4.99. The predicted molar refractivity (Wildman–Crippen MR) is 65.4 cm³/mol. The molecule has 88 valence electrons. The van der Waals surface area contributed by atoms with Crippen LogP contribution in [-0.2, 0) is 5.67 Å². The highest BCUT2D eigenvalue weighted by Crippen LogP contribution is 2.35. The summed E-state index contributed by atoms with van der Waals surface area (Å²) in [5.74, 6) is 0.512. The molecule has 0 aromatic heterocycles. The summed E-state index contributed by atoms with van der Waals surface area (Å²) in [6, 6.07) is 8.04. The zero-order chi connectivity index (χ0) is 11.6. The molecule has 1 saturated heterocycles. The summed E-state index contributed by atoms with van der Waals surface area (Å²) < 4.78 is 14.6. The molecule has 0 spiro atoms. The SMILES string of the molecule is CC(C)c1ccc(C2(F)CCNCC2)cc1. The van der Waals surface area contributed by atoms with Gasteiger partial charge in [0.05, 0.1) is 0 Å². The van der Waals surface area contributed by atoms with Gasteiger partial charge in [-0.15, -0.1) is 0 Å². The molecular formula is C14H20FN. The van der Waals surface area contributed by atoms with Gasteiger partial charge in [0.15, 0.2) is 0 Å². The maximum atomic E-state index is 14.6. The lowest BCUT2D eigenvalue weighted by Gasteiger charge is -2.30. The molecule has 2 rings (SSSR count). The van der Waals surface area contributed by atoms with Gasteiger partial charge in [-0.05, 0) is 43.0 Å². The average molecular weight is 221 g/mol. The van der Waals surface area contributed by atoms with Crippen LogP contribution < -0.4 is 5.32 Å². The molecule has 1 aromatic rings. The predicted octanol–water partition coefficient (Wildman–Crippen LogP) is 3.36. The van der Waals surface area contributed by atoms with E-state index in [1.54, 1.807) is 0 Å². The summed E-state index contributed by atoms with van der Waals surface area (Å²) >= 11 is 0. The van der Waals surface area contributed by atoms with Crippen LogP contribution in [0.1, 0.15) is 43.7 Å². The van der Waals surface area contributed by atoms with Crippen LogP contribution in [0.15, 0.2) is 24.3 Å². The molecule has 16 heavy (non-hydrogen) atoms. The number of halogens is 1. The molecule has 0 saturated carbocycles. The first kappa shape index (κ1) is 11.6. The van der Waals surface area contributed by atoms with Crippen molar-refractivity contribution in [2.24, 2.45) is 0 Å². The number of alkyl halides is 1. The van der Waals surface area contributed by atoms with Gasteiger partial charge in [0.25, 0.3) is 0 Å².